The number of rotatable bonds is 4. The fourth-order valence-electron chi connectivity index (χ4n) is 2.19. The summed E-state index contributed by atoms with van der Waals surface area (Å²) in [6.45, 7) is 3.45. The van der Waals surface area contributed by atoms with Gasteiger partial charge >= 0.3 is 0 Å². The first-order valence-corrected chi connectivity index (χ1v) is 7.79. The van der Waals surface area contributed by atoms with E-state index in [1.807, 2.05) is 19.2 Å². The van der Waals surface area contributed by atoms with E-state index in [0.717, 1.165) is 4.47 Å². The van der Waals surface area contributed by atoms with Crippen LogP contribution < -0.4 is 14.8 Å². The van der Waals surface area contributed by atoms with E-state index < -0.39 is 0 Å². The molecule has 2 heterocycles. The highest BCUT2D eigenvalue weighted by Crippen LogP contribution is 2.32. The van der Waals surface area contributed by atoms with Gasteiger partial charge in [0.1, 0.15) is 13.2 Å². The predicted molar refractivity (Wildman–Crippen MR) is 85.2 cm³/mol. The molecule has 0 saturated heterocycles. The number of halogens is 1. The minimum absolute atomic E-state index is 0.0664. The number of ether oxygens (including phenoxy) is 2. The average Bonchev–Trinajstić information content (AvgIpc) is 2.92. The zero-order valence-corrected chi connectivity index (χ0v) is 13.7. The lowest BCUT2D eigenvalue weighted by Crippen LogP contribution is -2.24. The third kappa shape index (κ3) is 3.41. The number of carbonyl (C=O) groups is 1. The van der Waals surface area contributed by atoms with Gasteiger partial charge in [-0.1, -0.05) is 6.92 Å². The van der Waals surface area contributed by atoms with Crippen LogP contribution >= 0.6 is 15.9 Å². The van der Waals surface area contributed by atoms with Gasteiger partial charge in [0.2, 0.25) is 5.91 Å². The van der Waals surface area contributed by atoms with Gasteiger partial charge in [-0.2, -0.15) is 5.10 Å². The minimum atomic E-state index is -0.208. The Morgan fingerprint density at radius 1 is 1.41 bits per heavy atom. The Balaban J connectivity index is 1.63. The van der Waals surface area contributed by atoms with Crippen LogP contribution in [0, 0.1) is 5.92 Å². The smallest absolute Gasteiger partial charge is 0.229 e. The first-order chi connectivity index (χ1) is 10.6. The molecule has 1 N–H and O–H groups in total. The van der Waals surface area contributed by atoms with E-state index in [2.05, 4.69) is 26.3 Å². The highest BCUT2D eigenvalue weighted by atomic mass is 79.9. The quantitative estimate of drug-likeness (QED) is 0.904. The van der Waals surface area contributed by atoms with E-state index in [4.69, 9.17) is 9.47 Å². The highest BCUT2D eigenvalue weighted by Gasteiger charge is 2.16. The second-order valence-electron chi connectivity index (χ2n) is 5.13. The molecular weight excluding hydrogens is 350 g/mol. The molecule has 22 heavy (non-hydrogen) atoms. The van der Waals surface area contributed by atoms with Crippen molar-refractivity contribution >= 4 is 27.5 Å². The maximum atomic E-state index is 12.3. The molecule has 6 nitrogen and oxygen atoms in total. The number of hydrogen-bond acceptors (Lipinski definition) is 4. The van der Waals surface area contributed by atoms with Gasteiger partial charge < -0.3 is 14.8 Å². The molecular formula is C15H16BrN3O3. The van der Waals surface area contributed by atoms with E-state index in [-0.39, 0.29) is 11.8 Å². The summed E-state index contributed by atoms with van der Waals surface area (Å²) in [5, 5.41) is 7.05. The van der Waals surface area contributed by atoms with Crippen molar-refractivity contribution in [2.24, 2.45) is 5.92 Å². The molecule has 7 heteroatoms. The monoisotopic (exact) mass is 365 g/mol. The second-order valence-corrected chi connectivity index (χ2v) is 6.05. The van der Waals surface area contributed by atoms with E-state index in [1.165, 1.54) is 0 Å². The van der Waals surface area contributed by atoms with Crippen LogP contribution in [-0.2, 0) is 11.3 Å². The number of nitrogens with zero attached hydrogens (tertiary/aromatic N) is 2. The largest absolute Gasteiger partial charge is 0.486 e. The van der Waals surface area contributed by atoms with Gasteiger partial charge in [0.15, 0.2) is 11.5 Å². The van der Waals surface area contributed by atoms with Crippen LogP contribution in [0.3, 0.4) is 0 Å². The number of benzene rings is 1. The summed E-state index contributed by atoms with van der Waals surface area (Å²) >= 11 is 3.34. The van der Waals surface area contributed by atoms with Gasteiger partial charge in [0, 0.05) is 18.0 Å². The van der Waals surface area contributed by atoms with Crippen LogP contribution in [0.1, 0.15) is 6.92 Å². The van der Waals surface area contributed by atoms with Crippen molar-refractivity contribution < 1.29 is 14.3 Å². The Hall–Kier alpha value is -2.02. The molecule has 116 valence electrons. The normalized spacial score (nSPS) is 14.5. The summed E-state index contributed by atoms with van der Waals surface area (Å²) in [5.41, 5.74) is 0.697. The van der Waals surface area contributed by atoms with Gasteiger partial charge in [-0.15, -0.1) is 0 Å². The van der Waals surface area contributed by atoms with Crippen LogP contribution in [-0.4, -0.2) is 28.9 Å². The van der Waals surface area contributed by atoms with Crippen LogP contribution in [0.2, 0.25) is 0 Å². The lowest BCUT2D eigenvalue weighted by atomic mass is 10.1. The van der Waals surface area contributed by atoms with Crippen molar-refractivity contribution in [3.63, 3.8) is 0 Å². The summed E-state index contributed by atoms with van der Waals surface area (Å²) in [6.07, 6.45) is 3.54. The van der Waals surface area contributed by atoms with Crippen LogP contribution in [0.15, 0.2) is 35.1 Å². The molecule has 3 rings (SSSR count). The van der Waals surface area contributed by atoms with Crippen LogP contribution in [0.25, 0.3) is 0 Å². The Labute approximate surface area is 136 Å². The molecule has 2 aromatic rings. The lowest BCUT2D eigenvalue weighted by molar-refractivity contribution is -0.119. The number of anilines is 1. The van der Waals surface area contributed by atoms with Gasteiger partial charge in [0.05, 0.1) is 23.1 Å². The fraction of sp³-hybridized carbons (Fsp3) is 0.333. The third-order valence-electron chi connectivity index (χ3n) is 3.32. The van der Waals surface area contributed by atoms with Crippen LogP contribution in [0.4, 0.5) is 5.69 Å². The van der Waals surface area contributed by atoms with Crippen molar-refractivity contribution in [1.82, 2.24) is 9.78 Å². The minimum Gasteiger partial charge on any atom is -0.486 e. The number of amides is 1. The van der Waals surface area contributed by atoms with E-state index in [0.29, 0.717) is 36.9 Å². The average molecular weight is 366 g/mol. The number of aromatic nitrogens is 2. The molecule has 0 radical (unpaired) electrons. The van der Waals surface area contributed by atoms with Crippen molar-refractivity contribution in [2.45, 2.75) is 13.5 Å². The highest BCUT2D eigenvalue weighted by molar-refractivity contribution is 9.10. The van der Waals surface area contributed by atoms with Gasteiger partial charge in [-0.3, -0.25) is 9.48 Å². The molecule has 0 bridgehead atoms. The maximum absolute atomic E-state index is 12.3. The number of hydrogen-bond donors (Lipinski definition) is 1. The first kappa shape index (κ1) is 14.9. The van der Waals surface area contributed by atoms with Crippen molar-refractivity contribution in [3.05, 3.63) is 35.1 Å². The van der Waals surface area contributed by atoms with E-state index in [1.54, 1.807) is 23.0 Å². The molecule has 1 aliphatic heterocycles. The molecule has 0 unspecified atom stereocenters. The first-order valence-electron chi connectivity index (χ1n) is 7.00. The summed E-state index contributed by atoms with van der Waals surface area (Å²) < 4.78 is 13.6. The molecule has 1 aromatic carbocycles. The van der Waals surface area contributed by atoms with Gasteiger partial charge in [0.25, 0.3) is 0 Å². The van der Waals surface area contributed by atoms with E-state index in [9.17, 15) is 4.79 Å². The molecule has 1 aliphatic rings. The zero-order chi connectivity index (χ0) is 15.5. The summed E-state index contributed by atoms with van der Waals surface area (Å²) in [6, 6.07) is 5.39. The number of nitrogens with one attached hydrogen (secondary N) is 1. The van der Waals surface area contributed by atoms with Crippen molar-refractivity contribution in [2.75, 3.05) is 18.5 Å². The van der Waals surface area contributed by atoms with Crippen molar-refractivity contribution in [1.29, 1.82) is 0 Å². The van der Waals surface area contributed by atoms with Gasteiger partial charge in [-0.25, -0.2) is 0 Å². The Morgan fingerprint density at radius 2 is 2.18 bits per heavy atom. The Kier molecular flexibility index (Phi) is 4.33. The Bertz CT molecular complexity index is 686. The van der Waals surface area contributed by atoms with Crippen LogP contribution in [0.5, 0.6) is 11.5 Å². The predicted octanol–water partition coefficient (Wildman–Crippen LogP) is 2.69. The SMILES string of the molecule is C[C@@H](Cn1cc(Br)cn1)C(=O)Nc1ccc2c(c1)OCCO2. The number of fused-ring (bicyclic) bond motifs is 1. The fourth-order valence-corrected chi connectivity index (χ4v) is 2.52. The molecule has 1 atom stereocenters. The topological polar surface area (TPSA) is 65.4 Å². The maximum Gasteiger partial charge on any atom is 0.229 e. The summed E-state index contributed by atoms with van der Waals surface area (Å²) in [5.74, 6) is 1.09. The summed E-state index contributed by atoms with van der Waals surface area (Å²) in [4.78, 5) is 12.3. The standard InChI is InChI=1S/C15H16BrN3O3/c1-10(8-19-9-11(16)7-17-19)15(20)18-12-2-3-13-14(6-12)22-5-4-21-13/h2-3,6-7,9-10H,4-5,8H2,1H3,(H,18,20)/t10-/m0/s1. The summed E-state index contributed by atoms with van der Waals surface area (Å²) in [7, 11) is 0. The molecule has 1 amide bonds. The Morgan fingerprint density at radius 3 is 2.91 bits per heavy atom. The molecule has 0 aliphatic carbocycles. The lowest BCUT2D eigenvalue weighted by Gasteiger charge is -2.19. The second kappa shape index (κ2) is 6.39. The van der Waals surface area contributed by atoms with E-state index >= 15 is 0 Å². The number of carbonyl (C=O) groups excluding carboxylic acids is 1. The zero-order valence-electron chi connectivity index (χ0n) is 12.1. The molecule has 0 saturated carbocycles. The molecule has 0 spiro atoms. The molecule has 0 fully saturated rings. The van der Waals surface area contributed by atoms with Gasteiger partial charge in [-0.05, 0) is 28.1 Å². The third-order valence-corrected chi connectivity index (χ3v) is 3.73. The van der Waals surface area contributed by atoms with Crippen molar-refractivity contribution in [3.8, 4) is 11.5 Å². The molecule has 1 aromatic heterocycles.